The van der Waals surface area contributed by atoms with Crippen LogP contribution in [-0.2, 0) is 16.1 Å². The lowest BCUT2D eigenvalue weighted by Crippen LogP contribution is -2.53. The first-order chi connectivity index (χ1) is 15.6. The molecule has 0 spiro atoms. The summed E-state index contributed by atoms with van der Waals surface area (Å²) >= 11 is 0. The van der Waals surface area contributed by atoms with Crippen LogP contribution in [0.5, 0.6) is 0 Å². The Balaban J connectivity index is 1.61. The van der Waals surface area contributed by atoms with Crippen molar-refractivity contribution in [3.05, 3.63) is 94.1 Å². The van der Waals surface area contributed by atoms with E-state index in [-0.39, 0.29) is 23.8 Å². The molecule has 160 valence electrons. The fourth-order valence-corrected chi connectivity index (χ4v) is 4.61. The van der Waals surface area contributed by atoms with Gasteiger partial charge in [0, 0.05) is 23.9 Å². The van der Waals surface area contributed by atoms with Crippen LogP contribution in [0.3, 0.4) is 0 Å². The van der Waals surface area contributed by atoms with Gasteiger partial charge in [-0.1, -0.05) is 48.5 Å². The molecule has 2 amide bonds. The fourth-order valence-electron chi connectivity index (χ4n) is 4.61. The lowest BCUT2D eigenvalue weighted by molar-refractivity contribution is -0.143. The van der Waals surface area contributed by atoms with E-state index in [1.807, 2.05) is 72.2 Å². The first-order valence-corrected chi connectivity index (χ1v) is 10.7. The third-order valence-electron chi connectivity index (χ3n) is 6.19. The first-order valence-electron chi connectivity index (χ1n) is 10.7. The molecule has 6 heteroatoms. The predicted octanol–water partition coefficient (Wildman–Crippen LogP) is 3.16. The second-order valence-electron chi connectivity index (χ2n) is 8.09. The van der Waals surface area contributed by atoms with Gasteiger partial charge in [0.05, 0.1) is 11.0 Å². The van der Waals surface area contributed by atoms with Gasteiger partial charge in [-0.15, -0.1) is 0 Å². The monoisotopic (exact) mass is 425 g/mol. The molecule has 1 saturated heterocycles. The molecule has 0 radical (unpaired) electrons. The van der Waals surface area contributed by atoms with Crippen LogP contribution >= 0.6 is 0 Å². The Morgan fingerprint density at radius 3 is 2.16 bits per heavy atom. The number of hydrogen-bond acceptors (Lipinski definition) is 3. The molecule has 1 aliphatic rings. The van der Waals surface area contributed by atoms with Crippen LogP contribution in [0.1, 0.15) is 17.2 Å². The summed E-state index contributed by atoms with van der Waals surface area (Å²) in [7, 11) is 0. The summed E-state index contributed by atoms with van der Waals surface area (Å²) in [6, 6.07) is 21.7. The van der Waals surface area contributed by atoms with Crippen LogP contribution in [0.4, 0.5) is 0 Å². The van der Waals surface area contributed by atoms with Gasteiger partial charge in [0.2, 0.25) is 11.8 Å². The molecule has 1 aromatic heterocycles. The summed E-state index contributed by atoms with van der Waals surface area (Å²) in [5.74, 6) is -0.333. The number of benzene rings is 3. The fraction of sp³-hybridized carbons (Fsp3) is 0.192. The maximum Gasteiger partial charge on any atom is 0.247 e. The molecular formula is C26H23N3O3. The molecule has 1 unspecified atom stereocenters. The van der Waals surface area contributed by atoms with Crippen molar-refractivity contribution < 1.29 is 9.59 Å². The van der Waals surface area contributed by atoms with Crippen LogP contribution < -0.4 is 10.7 Å². The number of rotatable bonds is 3. The van der Waals surface area contributed by atoms with Gasteiger partial charge in [0.25, 0.3) is 0 Å². The van der Waals surface area contributed by atoms with E-state index in [0.29, 0.717) is 34.9 Å². The third kappa shape index (κ3) is 3.24. The maximum atomic E-state index is 13.6. The Hall–Kier alpha value is -3.93. The second kappa shape index (κ2) is 7.96. The summed E-state index contributed by atoms with van der Waals surface area (Å²) in [6.07, 6.45) is 0. The first kappa shape index (κ1) is 20.0. The minimum absolute atomic E-state index is 0.0387. The molecular weight excluding hydrogens is 402 g/mol. The Bertz CT molecular complexity index is 1360. The number of aromatic nitrogens is 1. The number of carbonyl (C=O) groups excluding carboxylic acids is 2. The summed E-state index contributed by atoms with van der Waals surface area (Å²) < 4.78 is 1.88. The molecule has 1 aliphatic heterocycles. The number of carbonyl (C=O) groups is 2. The molecule has 0 bridgehead atoms. The van der Waals surface area contributed by atoms with Crippen molar-refractivity contribution in [3.63, 3.8) is 0 Å². The number of nitrogens with one attached hydrogen (secondary N) is 1. The normalized spacial score (nSPS) is 16.3. The highest BCUT2D eigenvalue weighted by Crippen LogP contribution is 2.27. The summed E-state index contributed by atoms with van der Waals surface area (Å²) in [4.78, 5) is 41.1. The van der Waals surface area contributed by atoms with Gasteiger partial charge in [-0.25, -0.2) is 0 Å². The lowest BCUT2D eigenvalue weighted by atomic mass is 9.97. The largest absolute Gasteiger partial charge is 0.352 e. The third-order valence-corrected chi connectivity index (χ3v) is 6.19. The summed E-state index contributed by atoms with van der Waals surface area (Å²) in [6.45, 7) is 2.83. The zero-order valence-electron chi connectivity index (χ0n) is 17.7. The van der Waals surface area contributed by atoms with Crippen LogP contribution in [0, 0.1) is 6.92 Å². The smallest absolute Gasteiger partial charge is 0.247 e. The minimum atomic E-state index is -0.672. The van der Waals surface area contributed by atoms with Crippen molar-refractivity contribution in [2.45, 2.75) is 19.5 Å². The van der Waals surface area contributed by atoms with E-state index in [2.05, 4.69) is 5.32 Å². The topological polar surface area (TPSA) is 71.4 Å². The van der Waals surface area contributed by atoms with E-state index in [1.165, 1.54) is 0 Å². The van der Waals surface area contributed by atoms with Gasteiger partial charge in [-0.2, -0.15) is 0 Å². The van der Waals surface area contributed by atoms with Crippen molar-refractivity contribution in [2.24, 2.45) is 0 Å². The van der Waals surface area contributed by atoms with Crippen LogP contribution in [0.25, 0.3) is 21.8 Å². The number of pyridine rings is 1. The molecule has 0 aliphatic carbocycles. The Labute approximate surface area is 185 Å². The number of aryl methyl sites for hydroxylation is 1. The molecule has 4 aromatic rings. The molecule has 1 fully saturated rings. The Morgan fingerprint density at radius 2 is 1.50 bits per heavy atom. The molecule has 0 saturated carbocycles. The Kier molecular flexibility index (Phi) is 4.98. The standard InChI is InChI=1S/C26H23N3O3/c1-17-8-2-3-9-18(17)24-26(32)27-14-15-28(24)23(30)16-29-21-12-6-4-10-19(21)25(31)20-11-5-7-13-22(20)29/h2-13,24H,14-16H2,1H3,(H,27,32). The maximum absolute atomic E-state index is 13.6. The van der Waals surface area contributed by atoms with Gasteiger partial charge in [-0.05, 0) is 42.3 Å². The SMILES string of the molecule is Cc1ccccc1C1C(=O)NCCN1C(=O)Cn1c2ccccc2c(=O)c2ccccc21. The zero-order chi connectivity index (χ0) is 22.2. The zero-order valence-corrected chi connectivity index (χ0v) is 17.7. The molecule has 3 aromatic carbocycles. The number of para-hydroxylation sites is 2. The van der Waals surface area contributed by atoms with E-state index in [0.717, 1.165) is 11.1 Å². The predicted molar refractivity (Wildman–Crippen MR) is 124 cm³/mol. The second-order valence-corrected chi connectivity index (χ2v) is 8.09. The average molecular weight is 425 g/mol. The van der Waals surface area contributed by atoms with Crippen molar-refractivity contribution in [1.82, 2.24) is 14.8 Å². The average Bonchev–Trinajstić information content (AvgIpc) is 2.82. The molecule has 5 rings (SSSR count). The van der Waals surface area contributed by atoms with Crippen LogP contribution in [0.15, 0.2) is 77.6 Å². The van der Waals surface area contributed by atoms with Crippen LogP contribution in [0.2, 0.25) is 0 Å². The number of hydrogen-bond donors (Lipinski definition) is 1. The summed E-state index contributed by atoms with van der Waals surface area (Å²) in [5, 5.41) is 4.04. The van der Waals surface area contributed by atoms with Gasteiger partial charge in [0.1, 0.15) is 12.6 Å². The van der Waals surface area contributed by atoms with Gasteiger partial charge < -0.3 is 14.8 Å². The van der Waals surface area contributed by atoms with Gasteiger partial charge in [-0.3, -0.25) is 14.4 Å². The van der Waals surface area contributed by atoms with Crippen molar-refractivity contribution in [1.29, 1.82) is 0 Å². The van der Waals surface area contributed by atoms with E-state index in [9.17, 15) is 14.4 Å². The molecule has 1 atom stereocenters. The van der Waals surface area contributed by atoms with Crippen LogP contribution in [-0.4, -0.2) is 34.4 Å². The molecule has 6 nitrogen and oxygen atoms in total. The number of fused-ring (bicyclic) bond motifs is 2. The number of amides is 2. The highest BCUT2D eigenvalue weighted by atomic mass is 16.2. The number of piperazine rings is 1. The van der Waals surface area contributed by atoms with Gasteiger partial charge in [0.15, 0.2) is 5.43 Å². The lowest BCUT2D eigenvalue weighted by Gasteiger charge is -2.36. The van der Waals surface area contributed by atoms with E-state index >= 15 is 0 Å². The number of nitrogens with zero attached hydrogens (tertiary/aromatic N) is 2. The minimum Gasteiger partial charge on any atom is -0.352 e. The van der Waals surface area contributed by atoms with Crippen molar-refractivity contribution >= 4 is 33.6 Å². The van der Waals surface area contributed by atoms with E-state index in [1.54, 1.807) is 17.0 Å². The summed E-state index contributed by atoms with van der Waals surface area (Å²) in [5.41, 5.74) is 3.16. The van der Waals surface area contributed by atoms with Gasteiger partial charge >= 0.3 is 0 Å². The highest BCUT2D eigenvalue weighted by molar-refractivity contribution is 5.96. The van der Waals surface area contributed by atoms with E-state index in [4.69, 9.17) is 0 Å². The molecule has 2 heterocycles. The Morgan fingerprint density at radius 1 is 0.906 bits per heavy atom. The quantitative estimate of drug-likeness (QED) is 0.513. The molecule has 1 N–H and O–H groups in total. The van der Waals surface area contributed by atoms with Crippen molar-refractivity contribution in [3.8, 4) is 0 Å². The highest BCUT2D eigenvalue weighted by Gasteiger charge is 2.35. The molecule has 32 heavy (non-hydrogen) atoms. The van der Waals surface area contributed by atoms with E-state index < -0.39 is 6.04 Å². The van der Waals surface area contributed by atoms with Crippen molar-refractivity contribution in [2.75, 3.05) is 13.1 Å².